The second-order valence-electron chi connectivity index (χ2n) is 3.45. The van der Waals surface area contributed by atoms with E-state index in [0.29, 0.717) is 17.1 Å². The highest BCUT2D eigenvalue weighted by Gasteiger charge is 2.08. The molecule has 3 heterocycles. The summed E-state index contributed by atoms with van der Waals surface area (Å²) in [5.41, 5.74) is 1.71. The van der Waals surface area contributed by atoms with Gasteiger partial charge in [-0.25, -0.2) is 9.78 Å². The third kappa shape index (κ3) is 1.88. The molecule has 7 nitrogen and oxygen atoms in total. The van der Waals surface area contributed by atoms with Crippen molar-refractivity contribution in [1.29, 1.82) is 0 Å². The fourth-order valence-corrected chi connectivity index (χ4v) is 1.46. The van der Waals surface area contributed by atoms with Gasteiger partial charge < -0.3 is 0 Å². The molecule has 0 fully saturated rings. The average molecular weight is 241 g/mol. The number of aromatic nitrogens is 5. The number of H-pyrrole nitrogens is 1. The molecular weight excluding hydrogens is 234 g/mol. The topological polar surface area (TPSA) is 97.6 Å². The van der Waals surface area contributed by atoms with E-state index in [2.05, 4.69) is 29.6 Å². The number of hydrogen-bond donors (Lipinski definition) is 1. The number of aromatic amines is 1. The molecule has 3 aromatic rings. The smallest absolute Gasteiger partial charge is 0.296 e. The van der Waals surface area contributed by atoms with Crippen LogP contribution in [0, 0.1) is 0 Å². The number of nitrogens with one attached hydrogen (secondary N) is 1. The van der Waals surface area contributed by atoms with E-state index in [4.69, 9.17) is 0 Å². The molecule has 1 N–H and O–H groups in total. The highest BCUT2D eigenvalue weighted by molar-refractivity contribution is 5.57. The summed E-state index contributed by atoms with van der Waals surface area (Å²) in [7, 11) is 0. The Morgan fingerprint density at radius 2 is 2.00 bits per heavy atom. The van der Waals surface area contributed by atoms with Crippen LogP contribution in [0.4, 0.5) is 0 Å². The van der Waals surface area contributed by atoms with Crippen molar-refractivity contribution < 1.29 is 4.52 Å². The Labute approximate surface area is 101 Å². The van der Waals surface area contributed by atoms with E-state index in [1.165, 1.54) is 6.20 Å². The summed E-state index contributed by atoms with van der Waals surface area (Å²) in [5.74, 6) is -0.389. The van der Waals surface area contributed by atoms with Crippen LogP contribution in [0.2, 0.25) is 0 Å². The van der Waals surface area contributed by atoms with E-state index in [1.807, 2.05) is 18.2 Å². The summed E-state index contributed by atoms with van der Waals surface area (Å²) in [6.45, 7) is 0. The van der Waals surface area contributed by atoms with Gasteiger partial charge in [0, 0.05) is 6.20 Å². The van der Waals surface area contributed by atoms with Crippen molar-refractivity contribution in [3.8, 4) is 22.9 Å². The molecule has 0 saturated carbocycles. The van der Waals surface area contributed by atoms with E-state index in [1.54, 1.807) is 12.4 Å². The summed E-state index contributed by atoms with van der Waals surface area (Å²) >= 11 is 0. The molecule has 0 aliphatic rings. The number of rotatable bonds is 2. The standard InChI is InChI=1S/C11H7N5O2/c17-11-15-10(16-18-11)9-6-12-5-8(14-9)7-3-1-2-4-13-7/h1-6H,(H,15,16,17). The van der Waals surface area contributed by atoms with E-state index < -0.39 is 5.76 Å². The third-order valence-electron chi connectivity index (χ3n) is 2.24. The predicted octanol–water partition coefficient (Wildman–Crippen LogP) is 0.882. The molecule has 0 aliphatic carbocycles. The van der Waals surface area contributed by atoms with Gasteiger partial charge in [-0.1, -0.05) is 11.2 Å². The Bertz CT molecular complexity index is 719. The first-order valence-electron chi connectivity index (χ1n) is 5.13. The maximum Gasteiger partial charge on any atom is 0.439 e. The zero-order valence-electron chi connectivity index (χ0n) is 9.07. The first-order chi connectivity index (χ1) is 8.83. The zero-order chi connectivity index (χ0) is 12.4. The Kier molecular flexibility index (Phi) is 2.41. The predicted molar refractivity (Wildman–Crippen MR) is 61.4 cm³/mol. The maximum absolute atomic E-state index is 10.9. The second-order valence-corrected chi connectivity index (χ2v) is 3.45. The van der Waals surface area contributed by atoms with Gasteiger partial charge in [0.25, 0.3) is 0 Å². The largest absolute Gasteiger partial charge is 0.439 e. The van der Waals surface area contributed by atoms with Crippen LogP contribution in [0.1, 0.15) is 0 Å². The Morgan fingerprint density at radius 3 is 2.72 bits per heavy atom. The molecular formula is C11H7N5O2. The van der Waals surface area contributed by atoms with Gasteiger partial charge in [0.2, 0.25) is 5.82 Å². The fraction of sp³-hybridized carbons (Fsp3) is 0. The minimum Gasteiger partial charge on any atom is -0.296 e. The summed E-state index contributed by atoms with van der Waals surface area (Å²) in [6.07, 6.45) is 4.74. The number of nitrogens with zero attached hydrogens (tertiary/aromatic N) is 4. The molecule has 0 aromatic carbocycles. The highest BCUT2D eigenvalue weighted by atomic mass is 16.5. The molecule has 0 amide bonds. The summed E-state index contributed by atoms with van der Waals surface area (Å²) in [6, 6.07) is 5.49. The molecule has 0 saturated heterocycles. The van der Waals surface area contributed by atoms with Crippen LogP contribution in [-0.4, -0.2) is 25.1 Å². The van der Waals surface area contributed by atoms with Gasteiger partial charge in [-0.2, -0.15) is 0 Å². The minimum absolute atomic E-state index is 0.241. The molecule has 3 rings (SSSR count). The van der Waals surface area contributed by atoms with Crippen molar-refractivity contribution in [1.82, 2.24) is 25.1 Å². The Balaban J connectivity index is 2.07. The molecule has 3 aromatic heterocycles. The molecule has 0 radical (unpaired) electrons. The maximum atomic E-state index is 10.9. The monoisotopic (exact) mass is 241 g/mol. The Hall–Kier alpha value is -2.83. The minimum atomic E-state index is -0.630. The highest BCUT2D eigenvalue weighted by Crippen LogP contribution is 2.16. The van der Waals surface area contributed by atoms with E-state index in [0.717, 1.165) is 0 Å². The van der Waals surface area contributed by atoms with Gasteiger partial charge in [-0.3, -0.25) is 19.5 Å². The molecule has 0 unspecified atom stereocenters. The van der Waals surface area contributed by atoms with Gasteiger partial charge in [0.1, 0.15) is 11.4 Å². The van der Waals surface area contributed by atoms with Gasteiger partial charge >= 0.3 is 5.76 Å². The quantitative estimate of drug-likeness (QED) is 0.715. The molecule has 0 aliphatic heterocycles. The number of pyridine rings is 1. The lowest BCUT2D eigenvalue weighted by molar-refractivity contribution is 0.387. The van der Waals surface area contributed by atoms with Gasteiger partial charge in [-0.15, -0.1) is 0 Å². The lowest BCUT2D eigenvalue weighted by Gasteiger charge is -2.00. The fourth-order valence-electron chi connectivity index (χ4n) is 1.46. The van der Waals surface area contributed by atoms with Crippen molar-refractivity contribution >= 4 is 0 Å². The van der Waals surface area contributed by atoms with Crippen molar-refractivity contribution in [2.75, 3.05) is 0 Å². The summed E-state index contributed by atoms with van der Waals surface area (Å²) in [5, 5.41) is 3.55. The van der Waals surface area contributed by atoms with Crippen LogP contribution in [0.3, 0.4) is 0 Å². The van der Waals surface area contributed by atoms with Crippen LogP contribution in [0.25, 0.3) is 22.9 Å². The van der Waals surface area contributed by atoms with Crippen LogP contribution in [0.5, 0.6) is 0 Å². The van der Waals surface area contributed by atoms with Crippen LogP contribution in [0.15, 0.2) is 46.1 Å². The van der Waals surface area contributed by atoms with Crippen LogP contribution in [-0.2, 0) is 0 Å². The van der Waals surface area contributed by atoms with Crippen molar-refractivity contribution in [3.05, 3.63) is 47.3 Å². The van der Waals surface area contributed by atoms with E-state index >= 15 is 0 Å². The van der Waals surface area contributed by atoms with Gasteiger partial charge in [0.15, 0.2) is 0 Å². The van der Waals surface area contributed by atoms with E-state index in [-0.39, 0.29) is 5.82 Å². The second kappa shape index (κ2) is 4.21. The molecule has 7 heteroatoms. The van der Waals surface area contributed by atoms with Gasteiger partial charge in [0.05, 0.1) is 18.1 Å². The SMILES string of the molecule is O=c1[nH]c(-c2cncc(-c3ccccn3)n2)no1. The van der Waals surface area contributed by atoms with Crippen molar-refractivity contribution in [2.24, 2.45) is 0 Å². The first-order valence-corrected chi connectivity index (χ1v) is 5.13. The lowest BCUT2D eigenvalue weighted by atomic mass is 10.3. The van der Waals surface area contributed by atoms with Crippen LogP contribution < -0.4 is 5.76 Å². The molecule has 0 bridgehead atoms. The zero-order valence-corrected chi connectivity index (χ0v) is 9.07. The average Bonchev–Trinajstić information content (AvgIpc) is 2.87. The molecule has 18 heavy (non-hydrogen) atoms. The van der Waals surface area contributed by atoms with Gasteiger partial charge in [-0.05, 0) is 12.1 Å². The molecule has 0 spiro atoms. The normalized spacial score (nSPS) is 10.4. The van der Waals surface area contributed by atoms with Crippen LogP contribution >= 0.6 is 0 Å². The van der Waals surface area contributed by atoms with E-state index in [9.17, 15) is 4.79 Å². The number of hydrogen-bond acceptors (Lipinski definition) is 6. The molecule has 88 valence electrons. The first kappa shape index (κ1) is 10.3. The lowest BCUT2D eigenvalue weighted by Crippen LogP contribution is -1.97. The summed E-state index contributed by atoms with van der Waals surface area (Å²) in [4.78, 5) is 25.8. The summed E-state index contributed by atoms with van der Waals surface area (Å²) < 4.78 is 4.42. The van der Waals surface area contributed by atoms with Crippen molar-refractivity contribution in [3.63, 3.8) is 0 Å². The molecule has 0 atom stereocenters. The third-order valence-corrected chi connectivity index (χ3v) is 2.24. The Morgan fingerprint density at radius 1 is 1.11 bits per heavy atom. The van der Waals surface area contributed by atoms with Crippen molar-refractivity contribution in [2.45, 2.75) is 0 Å².